The molecule has 24 heavy (non-hydrogen) atoms. The van der Waals surface area contributed by atoms with Crippen molar-refractivity contribution in [3.05, 3.63) is 35.4 Å². The number of benzene rings is 1. The maximum Gasteiger partial charge on any atom is 0.303 e. The number of aliphatic carboxylic acids is 2. The summed E-state index contributed by atoms with van der Waals surface area (Å²) in [6, 6.07) is 8.26. The minimum Gasteiger partial charge on any atom is -0.481 e. The molecule has 0 amide bonds. The first-order valence-electron chi connectivity index (χ1n) is 8.96. The monoisotopic (exact) mass is 334 g/mol. The molecular formula is C20H30O4. The SMILES string of the molecule is CCC(CCc1ccccc1CCC(CC)CC(=O)O)CC(=O)O. The fourth-order valence-corrected chi connectivity index (χ4v) is 3.16. The Morgan fingerprint density at radius 3 is 1.50 bits per heavy atom. The summed E-state index contributed by atoms with van der Waals surface area (Å²) in [7, 11) is 0. The van der Waals surface area contributed by atoms with Gasteiger partial charge >= 0.3 is 11.9 Å². The van der Waals surface area contributed by atoms with Gasteiger partial charge in [-0.3, -0.25) is 9.59 Å². The van der Waals surface area contributed by atoms with E-state index in [0.29, 0.717) is 0 Å². The van der Waals surface area contributed by atoms with Crippen molar-refractivity contribution in [1.29, 1.82) is 0 Å². The largest absolute Gasteiger partial charge is 0.481 e. The Morgan fingerprint density at radius 1 is 0.833 bits per heavy atom. The molecule has 1 aromatic rings. The van der Waals surface area contributed by atoms with E-state index in [1.54, 1.807) is 0 Å². The summed E-state index contributed by atoms with van der Waals surface area (Å²) in [6.07, 6.45) is 5.76. The van der Waals surface area contributed by atoms with Gasteiger partial charge in [0.05, 0.1) is 0 Å². The number of carboxylic acid groups (broad SMARTS) is 2. The molecule has 0 spiro atoms. The highest BCUT2D eigenvalue weighted by Crippen LogP contribution is 2.22. The van der Waals surface area contributed by atoms with Crippen LogP contribution in [0.15, 0.2) is 24.3 Å². The number of aryl methyl sites for hydroxylation is 2. The van der Waals surface area contributed by atoms with Gasteiger partial charge in [0.15, 0.2) is 0 Å². The zero-order valence-electron chi connectivity index (χ0n) is 14.8. The third-order valence-corrected chi connectivity index (χ3v) is 4.84. The van der Waals surface area contributed by atoms with E-state index in [1.165, 1.54) is 11.1 Å². The first kappa shape index (κ1) is 20.2. The van der Waals surface area contributed by atoms with E-state index in [9.17, 15) is 9.59 Å². The summed E-state index contributed by atoms with van der Waals surface area (Å²) in [5.74, 6) is -1.03. The van der Waals surface area contributed by atoms with E-state index in [-0.39, 0.29) is 24.7 Å². The van der Waals surface area contributed by atoms with E-state index in [1.807, 2.05) is 26.0 Å². The van der Waals surface area contributed by atoms with Gasteiger partial charge in [-0.25, -0.2) is 0 Å². The lowest BCUT2D eigenvalue weighted by molar-refractivity contribution is -0.139. The smallest absolute Gasteiger partial charge is 0.303 e. The van der Waals surface area contributed by atoms with Gasteiger partial charge in [-0.2, -0.15) is 0 Å². The van der Waals surface area contributed by atoms with Gasteiger partial charge < -0.3 is 10.2 Å². The van der Waals surface area contributed by atoms with Gasteiger partial charge in [0, 0.05) is 12.8 Å². The van der Waals surface area contributed by atoms with Crippen molar-refractivity contribution in [2.75, 3.05) is 0 Å². The van der Waals surface area contributed by atoms with Gasteiger partial charge in [0.1, 0.15) is 0 Å². The maximum atomic E-state index is 10.9. The normalized spacial score (nSPS) is 13.4. The lowest BCUT2D eigenvalue weighted by atomic mass is 9.89. The molecule has 0 saturated heterocycles. The molecule has 0 radical (unpaired) electrons. The van der Waals surface area contributed by atoms with Crippen LogP contribution < -0.4 is 0 Å². The van der Waals surface area contributed by atoms with E-state index in [0.717, 1.165) is 38.5 Å². The molecule has 1 aromatic carbocycles. The van der Waals surface area contributed by atoms with Crippen LogP contribution in [0.5, 0.6) is 0 Å². The van der Waals surface area contributed by atoms with Crippen LogP contribution in [0, 0.1) is 11.8 Å². The Balaban J connectivity index is 2.63. The molecule has 0 bridgehead atoms. The summed E-state index contributed by atoms with van der Waals surface area (Å²) in [5, 5.41) is 17.9. The van der Waals surface area contributed by atoms with Crippen LogP contribution in [0.1, 0.15) is 63.5 Å². The second-order valence-corrected chi connectivity index (χ2v) is 6.59. The molecule has 0 heterocycles. The average Bonchev–Trinajstić information content (AvgIpc) is 2.55. The third-order valence-electron chi connectivity index (χ3n) is 4.84. The Bertz CT molecular complexity index is 477. The van der Waals surface area contributed by atoms with Crippen molar-refractivity contribution in [3.63, 3.8) is 0 Å². The standard InChI is InChI=1S/C20H30O4/c1-3-15(13-19(21)22)9-11-17-7-5-6-8-18(17)12-10-16(4-2)14-20(23)24/h5-8,15-16H,3-4,9-14H2,1-2H3,(H,21,22)(H,23,24). The topological polar surface area (TPSA) is 74.6 Å². The highest BCUT2D eigenvalue weighted by molar-refractivity contribution is 5.67. The Hall–Kier alpha value is -1.84. The lowest BCUT2D eigenvalue weighted by Crippen LogP contribution is -2.10. The summed E-state index contributed by atoms with van der Waals surface area (Å²) < 4.78 is 0. The molecule has 134 valence electrons. The first-order chi connectivity index (χ1) is 11.5. The molecule has 0 aliphatic heterocycles. The fraction of sp³-hybridized carbons (Fsp3) is 0.600. The molecule has 2 unspecified atom stereocenters. The zero-order chi connectivity index (χ0) is 17.9. The Morgan fingerprint density at radius 2 is 1.21 bits per heavy atom. The van der Waals surface area contributed by atoms with Crippen molar-refractivity contribution in [2.45, 2.75) is 65.2 Å². The molecule has 1 rings (SSSR count). The minimum atomic E-state index is -0.727. The average molecular weight is 334 g/mol. The first-order valence-corrected chi connectivity index (χ1v) is 8.96. The second-order valence-electron chi connectivity index (χ2n) is 6.59. The van der Waals surface area contributed by atoms with Crippen LogP contribution in [0.4, 0.5) is 0 Å². The summed E-state index contributed by atoms with van der Waals surface area (Å²) >= 11 is 0. The van der Waals surface area contributed by atoms with Crippen molar-refractivity contribution in [3.8, 4) is 0 Å². The van der Waals surface area contributed by atoms with Crippen LogP contribution in [-0.4, -0.2) is 22.2 Å². The zero-order valence-corrected chi connectivity index (χ0v) is 14.8. The van der Waals surface area contributed by atoms with Crippen LogP contribution in [-0.2, 0) is 22.4 Å². The molecule has 2 N–H and O–H groups in total. The summed E-state index contributed by atoms with van der Waals surface area (Å²) in [6.45, 7) is 4.08. The number of carbonyl (C=O) groups is 2. The molecule has 4 nitrogen and oxygen atoms in total. The number of carboxylic acids is 2. The molecule has 4 heteroatoms. The van der Waals surface area contributed by atoms with E-state index in [4.69, 9.17) is 10.2 Å². The maximum absolute atomic E-state index is 10.9. The minimum absolute atomic E-state index is 0.214. The number of rotatable bonds is 12. The molecule has 0 fully saturated rings. The summed E-state index contributed by atoms with van der Waals surface area (Å²) in [4.78, 5) is 21.8. The van der Waals surface area contributed by atoms with Crippen molar-refractivity contribution >= 4 is 11.9 Å². The quantitative estimate of drug-likeness (QED) is 0.588. The molecule has 0 saturated carbocycles. The molecule has 0 aromatic heterocycles. The molecule has 0 aliphatic carbocycles. The number of hydrogen-bond acceptors (Lipinski definition) is 2. The highest BCUT2D eigenvalue weighted by atomic mass is 16.4. The number of hydrogen-bond donors (Lipinski definition) is 2. The van der Waals surface area contributed by atoms with Gasteiger partial charge in [0.25, 0.3) is 0 Å². The van der Waals surface area contributed by atoms with Crippen molar-refractivity contribution < 1.29 is 19.8 Å². The van der Waals surface area contributed by atoms with Crippen molar-refractivity contribution in [2.24, 2.45) is 11.8 Å². The van der Waals surface area contributed by atoms with E-state index >= 15 is 0 Å². The fourth-order valence-electron chi connectivity index (χ4n) is 3.16. The third kappa shape index (κ3) is 7.62. The highest BCUT2D eigenvalue weighted by Gasteiger charge is 2.14. The Labute approximate surface area is 144 Å². The van der Waals surface area contributed by atoms with Crippen LogP contribution in [0.2, 0.25) is 0 Å². The van der Waals surface area contributed by atoms with Crippen LogP contribution in [0.25, 0.3) is 0 Å². The predicted octanol–water partition coefficient (Wildman–Crippen LogP) is 4.55. The van der Waals surface area contributed by atoms with Gasteiger partial charge in [0.2, 0.25) is 0 Å². The molecular weight excluding hydrogens is 304 g/mol. The predicted molar refractivity (Wildman–Crippen MR) is 95.2 cm³/mol. The van der Waals surface area contributed by atoms with Crippen molar-refractivity contribution in [1.82, 2.24) is 0 Å². The molecule has 2 atom stereocenters. The van der Waals surface area contributed by atoms with Gasteiger partial charge in [-0.1, -0.05) is 51.0 Å². The van der Waals surface area contributed by atoms with Crippen LogP contribution in [0.3, 0.4) is 0 Å². The lowest BCUT2D eigenvalue weighted by Gasteiger charge is -2.16. The van der Waals surface area contributed by atoms with E-state index < -0.39 is 11.9 Å². The van der Waals surface area contributed by atoms with Gasteiger partial charge in [-0.15, -0.1) is 0 Å². The second kappa shape index (κ2) is 10.8. The molecule has 0 aliphatic rings. The Kier molecular flexibility index (Phi) is 9.13. The van der Waals surface area contributed by atoms with Gasteiger partial charge in [-0.05, 0) is 48.6 Å². The van der Waals surface area contributed by atoms with E-state index in [2.05, 4.69) is 12.1 Å². The van der Waals surface area contributed by atoms with Crippen LogP contribution >= 0.6 is 0 Å². The summed E-state index contributed by atoms with van der Waals surface area (Å²) in [5.41, 5.74) is 2.54.